The predicted octanol–water partition coefficient (Wildman–Crippen LogP) is -12.8. The van der Waals surface area contributed by atoms with Crippen molar-refractivity contribution in [2.45, 2.75) is 0 Å². The topological polar surface area (TPSA) is 204 Å². The standard InChI is InChI=1S/CH2O3.Al.Ca.ClH.Na.H2O4S.HO3Si/c2-1(3)4;;;;;1-5(2,3)4;1-4(2)3/h(H2,2,3,4);;;1H;;(H2,1,2,3,4);1H/q;+3;+2;;+1;;-1/p-5. The van der Waals surface area contributed by atoms with Gasteiger partial charge < -0.3 is 50.6 Å². The molecule has 0 aliphatic rings. The van der Waals surface area contributed by atoms with Gasteiger partial charge in [0.25, 0.3) is 0 Å². The summed E-state index contributed by atoms with van der Waals surface area (Å²) in [5, 5.41) is 16.7. The monoisotopic (exact) mass is 358 g/mol. The maximum atomic E-state index is 8.63. The SMILES string of the molecule is O=C([O-])[O-].O=S(=O)([O-])[O-].O=[Si]([O-])O.[Al+3].[Ca+2].[Cl-].[Na+]. The van der Waals surface area contributed by atoms with Gasteiger partial charge in [0, 0.05) is 10.4 Å². The number of rotatable bonds is 0. The van der Waals surface area contributed by atoms with Crippen LogP contribution < -0.4 is 57.0 Å². The molecular weight excluding hydrogens is 358 g/mol. The van der Waals surface area contributed by atoms with Gasteiger partial charge in [-0.15, -0.1) is 0 Å². The van der Waals surface area contributed by atoms with Gasteiger partial charge >= 0.3 is 93.8 Å². The first-order valence-corrected chi connectivity index (χ1v) is 4.51. The second-order valence-corrected chi connectivity index (χ2v) is 2.27. The fourth-order valence-electron chi connectivity index (χ4n) is 0. The van der Waals surface area contributed by atoms with Gasteiger partial charge in [0.05, 0.1) is 0 Å². The number of carbonyl (C=O) groups excluding carboxylic acids is 1. The van der Waals surface area contributed by atoms with Crippen LogP contribution in [0.4, 0.5) is 4.79 Å². The fourth-order valence-corrected chi connectivity index (χ4v) is 0. The molecule has 1 N–H and O–H groups in total. The predicted molar refractivity (Wildman–Crippen MR) is 36.0 cm³/mol. The van der Waals surface area contributed by atoms with Crippen molar-refractivity contribution in [3.63, 3.8) is 0 Å². The van der Waals surface area contributed by atoms with E-state index < -0.39 is 25.7 Å². The number of halogens is 1. The second-order valence-electron chi connectivity index (χ2n) is 0.924. The normalized spacial score (nSPS) is 6.24. The van der Waals surface area contributed by atoms with E-state index in [4.69, 9.17) is 46.6 Å². The molecule has 0 aromatic carbocycles. The molecule has 0 aromatic heterocycles. The molecular formula is CHAlCaClNaO10SSi. The van der Waals surface area contributed by atoms with Gasteiger partial charge in [-0.3, -0.25) is 8.42 Å². The molecule has 0 aromatic rings. The van der Waals surface area contributed by atoms with E-state index in [0.717, 1.165) is 0 Å². The molecule has 0 heterocycles. The summed E-state index contributed by atoms with van der Waals surface area (Å²) < 4.78 is 42.7. The Morgan fingerprint density at radius 2 is 1.18 bits per heavy atom. The zero-order chi connectivity index (χ0) is 11.7. The summed E-state index contributed by atoms with van der Waals surface area (Å²) >= 11 is 0. The van der Waals surface area contributed by atoms with Crippen molar-refractivity contribution in [2.75, 3.05) is 0 Å². The summed E-state index contributed by atoms with van der Waals surface area (Å²) in [5.41, 5.74) is 0. The maximum absolute atomic E-state index is 8.63. The Hall–Kier alpha value is 1.84. The summed E-state index contributed by atoms with van der Waals surface area (Å²) in [7, 11) is -8.55. The smallest absolute Gasteiger partial charge is 1.00 e. The molecule has 88 valence electrons. The Kier molecular flexibility index (Phi) is 66.5. The molecule has 10 nitrogen and oxygen atoms in total. The van der Waals surface area contributed by atoms with E-state index in [1.807, 2.05) is 0 Å². The first kappa shape index (κ1) is 42.8. The van der Waals surface area contributed by atoms with Crippen LogP contribution in [0.2, 0.25) is 0 Å². The van der Waals surface area contributed by atoms with Crippen molar-refractivity contribution in [3.05, 3.63) is 0 Å². The molecule has 0 aliphatic heterocycles. The molecule has 0 saturated carbocycles. The van der Waals surface area contributed by atoms with Crippen molar-refractivity contribution in [1.29, 1.82) is 0 Å². The third-order valence-electron chi connectivity index (χ3n) is 0. The van der Waals surface area contributed by atoms with Crippen LogP contribution in [0.15, 0.2) is 0 Å². The van der Waals surface area contributed by atoms with Crippen molar-refractivity contribution in [1.82, 2.24) is 0 Å². The van der Waals surface area contributed by atoms with Crippen LogP contribution in [0.1, 0.15) is 0 Å². The average molecular weight is 359 g/mol. The van der Waals surface area contributed by atoms with E-state index in [1.54, 1.807) is 0 Å². The molecule has 0 bridgehead atoms. The van der Waals surface area contributed by atoms with Gasteiger partial charge in [0.2, 0.25) is 0 Å². The average Bonchev–Trinajstić information content (AvgIpc) is 1.50. The molecule has 0 saturated heterocycles. The summed E-state index contributed by atoms with van der Waals surface area (Å²) in [6, 6.07) is 0. The van der Waals surface area contributed by atoms with Crippen LogP contribution in [0.3, 0.4) is 0 Å². The quantitative estimate of drug-likeness (QED) is 0.246. The van der Waals surface area contributed by atoms with Crippen LogP contribution in [0, 0.1) is 0 Å². The number of carboxylic acid groups (broad SMARTS) is 2. The van der Waals surface area contributed by atoms with Gasteiger partial charge in [-0.1, -0.05) is 0 Å². The zero-order valence-electron chi connectivity index (χ0n) is 8.19. The van der Waals surface area contributed by atoms with Gasteiger partial charge in [-0.05, 0) is 6.16 Å². The molecule has 0 aliphatic carbocycles. The maximum Gasteiger partial charge on any atom is 3.00 e. The minimum Gasteiger partial charge on any atom is -1.00 e. The molecule has 0 amide bonds. The van der Waals surface area contributed by atoms with E-state index in [-0.39, 0.29) is 97.1 Å². The molecule has 0 spiro atoms. The Morgan fingerprint density at radius 3 is 1.18 bits per heavy atom. The molecule has 17 heavy (non-hydrogen) atoms. The van der Waals surface area contributed by atoms with Crippen LogP contribution in [-0.4, -0.2) is 92.7 Å². The van der Waals surface area contributed by atoms with Crippen LogP contribution >= 0.6 is 0 Å². The fraction of sp³-hybridized carbons (Fsp3) is 0. The van der Waals surface area contributed by atoms with Crippen LogP contribution in [-0.2, 0) is 14.9 Å². The third-order valence-corrected chi connectivity index (χ3v) is 0. The minimum atomic E-state index is -5.17. The van der Waals surface area contributed by atoms with E-state index in [9.17, 15) is 0 Å². The summed E-state index contributed by atoms with van der Waals surface area (Å²) in [4.78, 5) is 24.0. The molecule has 0 fully saturated rings. The van der Waals surface area contributed by atoms with Gasteiger partial charge in [-0.2, -0.15) is 0 Å². The van der Waals surface area contributed by atoms with Crippen LogP contribution in [0.25, 0.3) is 0 Å². The molecule has 0 unspecified atom stereocenters. The van der Waals surface area contributed by atoms with Gasteiger partial charge in [-0.25, -0.2) is 0 Å². The molecule has 0 atom stereocenters. The first-order valence-electron chi connectivity index (χ1n) is 1.91. The summed E-state index contributed by atoms with van der Waals surface area (Å²) in [6.45, 7) is 0. The third kappa shape index (κ3) is 1320. The molecule has 0 radical (unpaired) electrons. The number of carbonyl (C=O) groups is 1. The van der Waals surface area contributed by atoms with Crippen molar-refractivity contribution in [2.24, 2.45) is 0 Å². The number of hydrogen-bond acceptors (Lipinski definition) is 9. The van der Waals surface area contributed by atoms with Crippen LogP contribution in [0.5, 0.6) is 0 Å². The summed E-state index contributed by atoms with van der Waals surface area (Å²) in [6.07, 6.45) is -2.33. The second kappa shape index (κ2) is 26.4. The number of hydrogen-bond donors (Lipinski definition) is 1. The zero-order valence-corrected chi connectivity index (χ0v) is 16.1. The Bertz CT molecular complexity index is 231. The molecule has 0 rings (SSSR count). The van der Waals surface area contributed by atoms with E-state index in [0.29, 0.717) is 0 Å². The van der Waals surface area contributed by atoms with Gasteiger partial charge in [0.1, 0.15) is 0 Å². The Balaban J connectivity index is -0.0000000159. The Morgan fingerprint density at radius 1 is 1.18 bits per heavy atom. The Labute approximate surface area is 167 Å². The van der Waals surface area contributed by atoms with Crippen molar-refractivity contribution < 1.29 is 88.5 Å². The van der Waals surface area contributed by atoms with Crippen molar-refractivity contribution >= 4 is 80.8 Å². The van der Waals surface area contributed by atoms with E-state index in [1.165, 1.54) is 0 Å². The minimum absolute atomic E-state index is 0. The summed E-state index contributed by atoms with van der Waals surface area (Å²) in [5.74, 6) is 0. The molecule has 16 heteroatoms. The van der Waals surface area contributed by atoms with E-state index in [2.05, 4.69) is 0 Å². The first-order chi connectivity index (χ1) is 5.46. The van der Waals surface area contributed by atoms with Crippen molar-refractivity contribution in [3.8, 4) is 0 Å². The van der Waals surface area contributed by atoms with Gasteiger partial charge in [0.15, 0.2) is 0 Å². The largest absolute Gasteiger partial charge is 3.00 e. The van der Waals surface area contributed by atoms with E-state index >= 15 is 0 Å².